The van der Waals surface area contributed by atoms with Crippen molar-refractivity contribution in [2.75, 3.05) is 0 Å². The lowest BCUT2D eigenvalue weighted by Gasteiger charge is -1.90. The van der Waals surface area contributed by atoms with Gasteiger partial charge in [0.1, 0.15) is 0 Å². The molecule has 1 rings (SSSR count). The van der Waals surface area contributed by atoms with Gasteiger partial charge in [0, 0.05) is 18.0 Å². The van der Waals surface area contributed by atoms with E-state index < -0.39 is 0 Å². The highest BCUT2D eigenvalue weighted by atomic mass is 32.1. The van der Waals surface area contributed by atoms with Crippen LogP contribution in [0.25, 0.3) is 0 Å². The van der Waals surface area contributed by atoms with E-state index in [1.807, 2.05) is 13.8 Å². The third-order valence-electron chi connectivity index (χ3n) is 1.11. The molecule has 0 unspecified atom stereocenters. The van der Waals surface area contributed by atoms with E-state index in [4.69, 9.17) is 0 Å². The van der Waals surface area contributed by atoms with E-state index in [9.17, 15) is 4.79 Å². The summed E-state index contributed by atoms with van der Waals surface area (Å²) in [6.45, 7) is 5.75. The zero-order chi connectivity index (χ0) is 8.85. The SMILES string of the molecule is CC.Cc1c[nH]cc(S)c1=O. The number of nitrogens with one attached hydrogen (secondary N) is 1. The zero-order valence-corrected chi connectivity index (χ0v) is 7.90. The standard InChI is InChI=1S/C6H7NOS.C2H6/c1-4-2-7-3-5(9)6(4)8;1-2/h2-3,9H,1H3,(H,7,8);1-2H3. The molecule has 0 atom stereocenters. The molecule has 62 valence electrons. The van der Waals surface area contributed by atoms with E-state index in [-0.39, 0.29) is 5.43 Å². The number of hydrogen-bond acceptors (Lipinski definition) is 2. The predicted octanol–water partition coefficient (Wildman–Crippen LogP) is 2.00. The first kappa shape index (κ1) is 10.3. The van der Waals surface area contributed by atoms with E-state index in [1.165, 1.54) is 0 Å². The lowest BCUT2D eigenvalue weighted by molar-refractivity contribution is 1.15. The van der Waals surface area contributed by atoms with E-state index in [0.29, 0.717) is 10.5 Å². The third kappa shape index (κ3) is 2.80. The molecular weight excluding hydrogens is 158 g/mol. The largest absolute Gasteiger partial charge is 0.366 e. The van der Waals surface area contributed by atoms with Crippen molar-refractivity contribution in [2.24, 2.45) is 0 Å². The molecule has 0 fully saturated rings. The highest BCUT2D eigenvalue weighted by Crippen LogP contribution is 1.95. The number of aromatic amines is 1. The molecule has 0 radical (unpaired) electrons. The Hall–Kier alpha value is -0.700. The van der Waals surface area contributed by atoms with Gasteiger partial charge in [-0.05, 0) is 6.92 Å². The van der Waals surface area contributed by atoms with Crippen molar-refractivity contribution < 1.29 is 0 Å². The predicted molar refractivity (Wildman–Crippen MR) is 50.4 cm³/mol. The van der Waals surface area contributed by atoms with Crippen LogP contribution in [0.3, 0.4) is 0 Å². The Morgan fingerprint density at radius 1 is 1.36 bits per heavy atom. The van der Waals surface area contributed by atoms with Gasteiger partial charge in [-0.25, -0.2) is 0 Å². The maximum Gasteiger partial charge on any atom is 0.197 e. The summed E-state index contributed by atoms with van der Waals surface area (Å²) in [6.07, 6.45) is 3.22. The average molecular weight is 171 g/mol. The van der Waals surface area contributed by atoms with Crippen LogP contribution in [0, 0.1) is 6.92 Å². The van der Waals surface area contributed by atoms with Gasteiger partial charge in [-0.2, -0.15) is 0 Å². The van der Waals surface area contributed by atoms with Crippen molar-refractivity contribution in [3.63, 3.8) is 0 Å². The molecule has 0 saturated heterocycles. The van der Waals surface area contributed by atoms with Gasteiger partial charge in [0.25, 0.3) is 0 Å². The van der Waals surface area contributed by atoms with Crippen LogP contribution in [0.4, 0.5) is 0 Å². The molecule has 0 aromatic carbocycles. The van der Waals surface area contributed by atoms with Gasteiger partial charge in [-0.1, -0.05) is 13.8 Å². The summed E-state index contributed by atoms with van der Waals surface area (Å²) in [5, 5.41) is 0. The van der Waals surface area contributed by atoms with Crippen LogP contribution in [-0.2, 0) is 0 Å². The third-order valence-corrected chi connectivity index (χ3v) is 1.44. The molecule has 0 amide bonds. The van der Waals surface area contributed by atoms with Gasteiger partial charge in [-0.3, -0.25) is 4.79 Å². The second-order valence-corrected chi connectivity index (χ2v) is 2.33. The molecule has 2 nitrogen and oxygen atoms in total. The van der Waals surface area contributed by atoms with E-state index >= 15 is 0 Å². The van der Waals surface area contributed by atoms with Crippen molar-refractivity contribution in [1.82, 2.24) is 4.98 Å². The van der Waals surface area contributed by atoms with Crippen LogP contribution in [0.1, 0.15) is 19.4 Å². The zero-order valence-electron chi connectivity index (χ0n) is 7.01. The molecule has 11 heavy (non-hydrogen) atoms. The quantitative estimate of drug-likeness (QED) is 0.575. The summed E-state index contributed by atoms with van der Waals surface area (Å²) in [4.78, 5) is 14.1. The molecule has 0 aliphatic carbocycles. The molecular formula is C8H13NOS. The molecule has 3 heteroatoms. The highest BCUT2D eigenvalue weighted by Gasteiger charge is 1.93. The molecule has 1 aromatic heterocycles. The summed E-state index contributed by atoms with van der Waals surface area (Å²) in [5.41, 5.74) is 0.694. The minimum absolute atomic E-state index is 0.00270. The van der Waals surface area contributed by atoms with Crippen molar-refractivity contribution in [3.8, 4) is 0 Å². The van der Waals surface area contributed by atoms with Crippen molar-refractivity contribution in [3.05, 3.63) is 28.2 Å². The molecule has 0 aliphatic heterocycles. The van der Waals surface area contributed by atoms with Crippen molar-refractivity contribution >= 4 is 12.6 Å². The van der Waals surface area contributed by atoms with Crippen LogP contribution >= 0.6 is 12.6 Å². The second kappa shape index (κ2) is 5.02. The van der Waals surface area contributed by atoms with Crippen molar-refractivity contribution in [2.45, 2.75) is 25.7 Å². The van der Waals surface area contributed by atoms with E-state index in [0.717, 1.165) is 0 Å². The van der Waals surface area contributed by atoms with Crippen molar-refractivity contribution in [1.29, 1.82) is 0 Å². The molecule has 1 N–H and O–H groups in total. The number of hydrogen-bond donors (Lipinski definition) is 2. The van der Waals surface area contributed by atoms with Crippen LogP contribution in [-0.4, -0.2) is 4.98 Å². The van der Waals surface area contributed by atoms with Crippen LogP contribution in [0.15, 0.2) is 22.1 Å². The lowest BCUT2D eigenvalue weighted by Crippen LogP contribution is -2.05. The maximum atomic E-state index is 10.9. The first-order valence-electron chi connectivity index (χ1n) is 3.58. The molecule has 0 saturated carbocycles. The Labute approximate surface area is 72.1 Å². The number of H-pyrrole nitrogens is 1. The smallest absolute Gasteiger partial charge is 0.197 e. The Bertz CT molecular complexity index is 244. The highest BCUT2D eigenvalue weighted by molar-refractivity contribution is 7.80. The summed E-state index contributed by atoms with van der Waals surface area (Å²) in [7, 11) is 0. The van der Waals surface area contributed by atoms with Gasteiger partial charge in [0.05, 0.1) is 4.90 Å². The summed E-state index contributed by atoms with van der Waals surface area (Å²) >= 11 is 3.92. The molecule has 0 aliphatic rings. The van der Waals surface area contributed by atoms with Gasteiger partial charge in [-0.15, -0.1) is 12.6 Å². The second-order valence-electron chi connectivity index (χ2n) is 1.85. The van der Waals surface area contributed by atoms with Crippen LogP contribution in [0.5, 0.6) is 0 Å². The first-order chi connectivity index (χ1) is 5.22. The summed E-state index contributed by atoms with van der Waals surface area (Å²) in [5.74, 6) is 0. The molecule has 1 aromatic rings. The minimum Gasteiger partial charge on any atom is -0.366 e. The Kier molecular flexibility index (Phi) is 4.70. The average Bonchev–Trinajstić information content (AvgIpc) is 2.04. The van der Waals surface area contributed by atoms with Crippen LogP contribution < -0.4 is 5.43 Å². The number of thiol groups is 1. The number of pyridine rings is 1. The number of aromatic nitrogens is 1. The number of aryl methyl sites for hydroxylation is 1. The van der Waals surface area contributed by atoms with E-state index in [2.05, 4.69) is 17.6 Å². The normalized spacial score (nSPS) is 8.36. The summed E-state index contributed by atoms with van der Waals surface area (Å²) < 4.78 is 0. The first-order valence-corrected chi connectivity index (χ1v) is 4.03. The van der Waals surface area contributed by atoms with Gasteiger partial charge >= 0.3 is 0 Å². The number of rotatable bonds is 0. The van der Waals surface area contributed by atoms with Gasteiger partial charge in [0.2, 0.25) is 0 Å². The van der Waals surface area contributed by atoms with E-state index in [1.54, 1.807) is 19.3 Å². The fourth-order valence-corrected chi connectivity index (χ4v) is 0.830. The fraction of sp³-hybridized carbons (Fsp3) is 0.375. The van der Waals surface area contributed by atoms with Gasteiger partial charge in [0.15, 0.2) is 5.43 Å². The Balaban J connectivity index is 0.000000461. The minimum atomic E-state index is -0.00270. The topological polar surface area (TPSA) is 32.9 Å². The van der Waals surface area contributed by atoms with Gasteiger partial charge < -0.3 is 4.98 Å². The lowest BCUT2D eigenvalue weighted by atomic mass is 10.3. The van der Waals surface area contributed by atoms with Crippen LogP contribution in [0.2, 0.25) is 0 Å². The summed E-state index contributed by atoms with van der Waals surface area (Å²) in [6, 6.07) is 0. The Morgan fingerprint density at radius 3 is 2.27 bits per heavy atom. The monoisotopic (exact) mass is 171 g/mol. The maximum absolute atomic E-state index is 10.9. The molecule has 0 spiro atoms. The molecule has 1 heterocycles. The molecule has 0 bridgehead atoms. The Morgan fingerprint density at radius 2 is 1.91 bits per heavy atom. The fourth-order valence-electron chi connectivity index (χ4n) is 0.579.